The van der Waals surface area contributed by atoms with Gasteiger partial charge in [0.1, 0.15) is 11.4 Å². The Labute approximate surface area is 93.2 Å². The number of hydrazine groups is 1. The van der Waals surface area contributed by atoms with Crippen LogP contribution in [0.25, 0.3) is 0 Å². The molecular formula is C12H11N3O. The monoisotopic (exact) mass is 213 g/mol. The summed E-state index contributed by atoms with van der Waals surface area (Å²) in [5.41, 5.74) is 5.51. The average Bonchev–Trinajstić information content (AvgIpc) is 2.69. The summed E-state index contributed by atoms with van der Waals surface area (Å²) in [7, 11) is 0. The molecule has 2 aromatic carbocycles. The first kappa shape index (κ1) is 9.21. The van der Waals surface area contributed by atoms with Crippen LogP contribution in [-0.2, 0) is 0 Å². The van der Waals surface area contributed by atoms with Crippen molar-refractivity contribution in [2.45, 2.75) is 0 Å². The molecule has 0 spiro atoms. The van der Waals surface area contributed by atoms with E-state index in [-0.39, 0.29) is 5.17 Å². The third kappa shape index (κ3) is 1.32. The van der Waals surface area contributed by atoms with Crippen molar-refractivity contribution in [2.75, 3.05) is 10.5 Å². The van der Waals surface area contributed by atoms with Crippen LogP contribution in [0.3, 0.4) is 0 Å². The quantitative estimate of drug-likeness (QED) is 0.705. The summed E-state index contributed by atoms with van der Waals surface area (Å²) in [6.45, 7) is 0. The van der Waals surface area contributed by atoms with E-state index < -0.39 is 0 Å². The zero-order valence-electron chi connectivity index (χ0n) is 8.55. The average molecular weight is 213 g/mol. The highest BCUT2D eigenvalue weighted by Crippen LogP contribution is 2.24. The lowest BCUT2D eigenvalue weighted by Crippen LogP contribution is -3.09. The second-order valence-electron chi connectivity index (χ2n) is 3.63. The van der Waals surface area contributed by atoms with E-state index in [1.165, 1.54) is 0 Å². The Morgan fingerprint density at radius 3 is 2.38 bits per heavy atom. The molecule has 0 amide bonds. The zero-order valence-corrected chi connectivity index (χ0v) is 8.55. The first-order chi connectivity index (χ1) is 7.86. The van der Waals surface area contributed by atoms with Crippen molar-refractivity contribution in [1.29, 1.82) is 0 Å². The fraction of sp³-hybridized carbons (Fsp3) is 0. The molecule has 3 rings (SSSR count). The van der Waals surface area contributed by atoms with Crippen LogP contribution in [0.2, 0.25) is 0 Å². The van der Waals surface area contributed by atoms with Gasteiger partial charge in [-0.15, -0.1) is 5.12 Å². The SMILES string of the molecule is [O-][NH+]1c2ccccc2NN1c1ccccc1. The van der Waals surface area contributed by atoms with Crippen LogP contribution >= 0.6 is 0 Å². The number of anilines is 2. The van der Waals surface area contributed by atoms with Crippen molar-refractivity contribution in [1.82, 2.24) is 0 Å². The summed E-state index contributed by atoms with van der Waals surface area (Å²) in [6, 6.07) is 17.1. The fourth-order valence-electron chi connectivity index (χ4n) is 1.82. The lowest BCUT2D eigenvalue weighted by Gasteiger charge is -2.26. The first-order valence-corrected chi connectivity index (χ1v) is 5.11. The molecule has 0 saturated carbocycles. The highest BCUT2D eigenvalue weighted by molar-refractivity contribution is 5.67. The molecule has 0 saturated heterocycles. The largest absolute Gasteiger partial charge is 0.601 e. The minimum absolute atomic E-state index is 0.0122. The molecule has 80 valence electrons. The Morgan fingerprint density at radius 1 is 0.938 bits per heavy atom. The molecule has 1 aliphatic rings. The smallest absolute Gasteiger partial charge is 0.182 e. The lowest BCUT2D eigenvalue weighted by atomic mass is 10.3. The number of benzene rings is 2. The molecule has 0 radical (unpaired) electrons. The molecule has 16 heavy (non-hydrogen) atoms. The molecule has 1 aliphatic heterocycles. The maximum absolute atomic E-state index is 12.1. The van der Waals surface area contributed by atoms with Gasteiger partial charge >= 0.3 is 0 Å². The maximum Gasteiger partial charge on any atom is 0.182 e. The molecule has 1 heterocycles. The van der Waals surface area contributed by atoms with E-state index in [4.69, 9.17) is 0 Å². The fourth-order valence-corrected chi connectivity index (χ4v) is 1.82. The van der Waals surface area contributed by atoms with Crippen LogP contribution in [0, 0.1) is 5.21 Å². The van der Waals surface area contributed by atoms with Gasteiger partial charge in [-0.1, -0.05) is 30.3 Å². The second-order valence-corrected chi connectivity index (χ2v) is 3.63. The van der Waals surface area contributed by atoms with E-state index in [0.29, 0.717) is 5.69 Å². The van der Waals surface area contributed by atoms with Gasteiger partial charge in [0, 0.05) is 6.07 Å². The molecule has 0 fully saturated rings. The molecule has 2 aromatic rings. The molecule has 4 heteroatoms. The van der Waals surface area contributed by atoms with E-state index in [1.807, 2.05) is 54.6 Å². The number of quaternary nitrogens is 1. The van der Waals surface area contributed by atoms with E-state index in [9.17, 15) is 5.21 Å². The molecular weight excluding hydrogens is 202 g/mol. The Morgan fingerprint density at radius 2 is 1.62 bits per heavy atom. The van der Waals surface area contributed by atoms with Crippen LogP contribution in [0.4, 0.5) is 17.1 Å². The van der Waals surface area contributed by atoms with Gasteiger partial charge in [-0.2, -0.15) is 0 Å². The Bertz CT molecular complexity index is 501. The number of hydrogen-bond donors (Lipinski definition) is 2. The van der Waals surface area contributed by atoms with E-state index in [2.05, 4.69) is 5.43 Å². The van der Waals surface area contributed by atoms with Gasteiger partial charge in [-0.25, -0.2) is 10.6 Å². The molecule has 2 N–H and O–H groups in total. The maximum atomic E-state index is 12.1. The Balaban J connectivity index is 1.99. The van der Waals surface area contributed by atoms with Gasteiger partial charge in [-0.05, 0) is 18.2 Å². The standard InChI is InChI=1S/C12H11N3O/c16-15-12-9-5-4-8-11(12)13-14(15)10-6-2-1-3-7-10/h1-9,13,15H. The van der Waals surface area contributed by atoms with Crippen molar-refractivity contribution >= 4 is 17.1 Å². The third-order valence-corrected chi connectivity index (χ3v) is 2.61. The predicted molar refractivity (Wildman–Crippen MR) is 63.0 cm³/mol. The van der Waals surface area contributed by atoms with E-state index >= 15 is 0 Å². The molecule has 1 unspecified atom stereocenters. The molecule has 0 aliphatic carbocycles. The number of para-hydroxylation sites is 2. The highest BCUT2D eigenvalue weighted by Gasteiger charge is 2.26. The van der Waals surface area contributed by atoms with Crippen molar-refractivity contribution in [3.63, 3.8) is 0 Å². The van der Waals surface area contributed by atoms with Crippen LogP contribution < -0.4 is 15.7 Å². The van der Waals surface area contributed by atoms with Gasteiger partial charge < -0.3 is 5.21 Å². The molecule has 0 aromatic heterocycles. The number of nitrogens with zero attached hydrogens (tertiary/aromatic N) is 1. The zero-order chi connectivity index (χ0) is 11.0. The minimum atomic E-state index is -0.0122. The number of nitrogens with one attached hydrogen (secondary N) is 2. The summed E-state index contributed by atoms with van der Waals surface area (Å²) < 4.78 is 0. The second kappa shape index (κ2) is 3.52. The summed E-state index contributed by atoms with van der Waals surface area (Å²) in [4.78, 5) is 0. The predicted octanol–water partition coefficient (Wildman–Crippen LogP) is 1.46. The Kier molecular flexibility index (Phi) is 2.02. The molecule has 0 bridgehead atoms. The van der Waals surface area contributed by atoms with Gasteiger partial charge in [0.15, 0.2) is 5.69 Å². The van der Waals surface area contributed by atoms with Crippen molar-refractivity contribution in [3.05, 3.63) is 59.8 Å². The van der Waals surface area contributed by atoms with Gasteiger partial charge in [0.05, 0.1) is 0 Å². The summed E-state index contributed by atoms with van der Waals surface area (Å²) in [6.07, 6.45) is 0. The third-order valence-electron chi connectivity index (χ3n) is 2.61. The molecule has 4 nitrogen and oxygen atoms in total. The van der Waals surface area contributed by atoms with Gasteiger partial charge in [0.2, 0.25) is 0 Å². The van der Waals surface area contributed by atoms with Crippen LogP contribution in [-0.4, -0.2) is 0 Å². The number of hydrogen-bond acceptors (Lipinski definition) is 3. The van der Waals surface area contributed by atoms with Crippen molar-refractivity contribution in [3.8, 4) is 0 Å². The van der Waals surface area contributed by atoms with Gasteiger partial charge in [-0.3, -0.25) is 0 Å². The number of fused-ring (bicyclic) bond motifs is 1. The molecule has 1 atom stereocenters. The van der Waals surface area contributed by atoms with Crippen LogP contribution in [0.5, 0.6) is 0 Å². The van der Waals surface area contributed by atoms with Crippen molar-refractivity contribution in [2.24, 2.45) is 0 Å². The van der Waals surface area contributed by atoms with Crippen molar-refractivity contribution < 1.29 is 5.17 Å². The lowest BCUT2D eigenvalue weighted by molar-refractivity contribution is -0.778. The normalized spacial score (nSPS) is 18.1. The van der Waals surface area contributed by atoms with E-state index in [1.54, 1.807) is 5.12 Å². The number of rotatable bonds is 1. The van der Waals surface area contributed by atoms with Gasteiger partial charge in [0.25, 0.3) is 0 Å². The first-order valence-electron chi connectivity index (χ1n) is 5.11. The highest BCUT2D eigenvalue weighted by atomic mass is 16.6. The topological polar surface area (TPSA) is 42.8 Å². The van der Waals surface area contributed by atoms with E-state index in [0.717, 1.165) is 11.4 Å². The van der Waals surface area contributed by atoms with Crippen LogP contribution in [0.1, 0.15) is 0 Å². The summed E-state index contributed by atoms with van der Waals surface area (Å²) in [5, 5.41) is 13.6. The minimum Gasteiger partial charge on any atom is -0.601 e. The summed E-state index contributed by atoms with van der Waals surface area (Å²) in [5.74, 6) is 0. The Hall–Kier alpha value is -2.04. The summed E-state index contributed by atoms with van der Waals surface area (Å²) >= 11 is 0. The van der Waals surface area contributed by atoms with Crippen LogP contribution in [0.15, 0.2) is 54.6 Å².